The number of aromatic nitrogens is 2. The molecule has 0 spiro atoms. The quantitative estimate of drug-likeness (QED) is 0.846. The van der Waals surface area contributed by atoms with E-state index in [1.807, 2.05) is 38.1 Å². The van der Waals surface area contributed by atoms with E-state index in [9.17, 15) is 5.26 Å². The molecule has 0 fully saturated rings. The summed E-state index contributed by atoms with van der Waals surface area (Å²) in [4.78, 5) is 0. The Labute approximate surface area is 119 Å². The molecule has 0 N–H and O–H groups in total. The van der Waals surface area contributed by atoms with Crippen LogP contribution in [0.4, 0.5) is 0 Å². The number of ether oxygens (including phenoxy) is 1. The molecule has 1 aromatic carbocycles. The molecule has 1 aromatic heterocycles. The highest BCUT2D eigenvalue weighted by Crippen LogP contribution is 2.26. The van der Waals surface area contributed by atoms with Crippen LogP contribution in [-0.4, -0.2) is 10.2 Å². The Hall–Kier alpha value is -2.41. The van der Waals surface area contributed by atoms with Gasteiger partial charge in [-0.2, -0.15) is 10.4 Å². The van der Waals surface area contributed by atoms with Crippen LogP contribution in [0.15, 0.2) is 24.3 Å². The monoisotopic (exact) mass is 267 g/mol. The van der Waals surface area contributed by atoms with E-state index in [0.717, 1.165) is 11.3 Å². The standard InChI is InChI=1S/C16H17N3O/c1-10(2)13-5-7-14(8-6-13)20-16-15(9-17)11(3)12(4)18-19-16/h5-8,10H,1-4H3. The average Bonchev–Trinajstić information content (AvgIpc) is 2.44. The fraction of sp³-hybridized carbons (Fsp3) is 0.312. The molecule has 4 heteroatoms. The minimum Gasteiger partial charge on any atom is -0.437 e. The Morgan fingerprint density at radius 2 is 1.75 bits per heavy atom. The summed E-state index contributed by atoms with van der Waals surface area (Å²) in [5.74, 6) is 1.39. The lowest BCUT2D eigenvalue weighted by Gasteiger charge is -2.10. The van der Waals surface area contributed by atoms with Crippen LogP contribution in [0.3, 0.4) is 0 Å². The molecule has 102 valence electrons. The third-order valence-corrected chi connectivity index (χ3v) is 3.30. The first-order valence-electron chi connectivity index (χ1n) is 6.54. The topological polar surface area (TPSA) is 58.8 Å². The van der Waals surface area contributed by atoms with E-state index in [1.165, 1.54) is 5.56 Å². The molecule has 0 aliphatic heterocycles. The van der Waals surface area contributed by atoms with Crippen LogP contribution in [-0.2, 0) is 0 Å². The second-order valence-electron chi connectivity index (χ2n) is 5.03. The Kier molecular flexibility index (Phi) is 3.99. The highest BCUT2D eigenvalue weighted by molar-refractivity contribution is 5.46. The highest BCUT2D eigenvalue weighted by atomic mass is 16.5. The summed E-state index contributed by atoms with van der Waals surface area (Å²) in [5, 5.41) is 17.2. The third-order valence-electron chi connectivity index (χ3n) is 3.30. The number of aryl methyl sites for hydroxylation is 1. The minimum atomic E-state index is 0.257. The van der Waals surface area contributed by atoms with Crippen LogP contribution in [0, 0.1) is 25.2 Å². The Morgan fingerprint density at radius 1 is 1.10 bits per heavy atom. The van der Waals surface area contributed by atoms with E-state index in [1.54, 1.807) is 0 Å². The molecule has 0 atom stereocenters. The minimum absolute atomic E-state index is 0.257. The molecule has 0 amide bonds. The van der Waals surface area contributed by atoms with Crippen molar-refractivity contribution in [2.24, 2.45) is 0 Å². The van der Waals surface area contributed by atoms with Crippen LogP contribution < -0.4 is 4.74 Å². The number of hydrogen-bond acceptors (Lipinski definition) is 4. The van der Waals surface area contributed by atoms with Crippen molar-refractivity contribution in [1.29, 1.82) is 5.26 Å². The molecule has 0 saturated carbocycles. The summed E-state index contributed by atoms with van der Waals surface area (Å²) < 4.78 is 5.67. The molecule has 20 heavy (non-hydrogen) atoms. The van der Waals surface area contributed by atoms with Crippen LogP contribution in [0.1, 0.15) is 42.1 Å². The van der Waals surface area contributed by atoms with Gasteiger partial charge < -0.3 is 4.74 Å². The van der Waals surface area contributed by atoms with Crippen molar-refractivity contribution >= 4 is 0 Å². The first-order chi connectivity index (χ1) is 9.52. The molecule has 0 unspecified atom stereocenters. The van der Waals surface area contributed by atoms with Crippen LogP contribution in [0.5, 0.6) is 11.6 Å². The van der Waals surface area contributed by atoms with Crippen molar-refractivity contribution in [3.05, 3.63) is 46.6 Å². The van der Waals surface area contributed by atoms with E-state index < -0.39 is 0 Å². The smallest absolute Gasteiger partial charge is 0.257 e. The maximum atomic E-state index is 9.22. The molecule has 0 radical (unpaired) electrons. The van der Waals surface area contributed by atoms with Gasteiger partial charge in [-0.25, -0.2) is 0 Å². The fourth-order valence-electron chi connectivity index (χ4n) is 1.82. The molecular weight excluding hydrogens is 250 g/mol. The zero-order valence-corrected chi connectivity index (χ0v) is 12.1. The molecule has 0 aliphatic rings. The normalized spacial score (nSPS) is 10.4. The van der Waals surface area contributed by atoms with E-state index in [-0.39, 0.29) is 5.88 Å². The Bertz CT molecular complexity index is 655. The third kappa shape index (κ3) is 2.77. The van der Waals surface area contributed by atoms with Gasteiger partial charge in [0.15, 0.2) is 0 Å². The molecule has 0 saturated heterocycles. The van der Waals surface area contributed by atoms with Crippen LogP contribution >= 0.6 is 0 Å². The SMILES string of the molecule is Cc1nnc(Oc2ccc(C(C)C)cc2)c(C#N)c1C. The van der Waals surface area contributed by atoms with Gasteiger partial charge in [-0.1, -0.05) is 26.0 Å². The van der Waals surface area contributed by atoms with Gasteiger partial charge in [-0.3, -0.25) is 0 Å². The molecule has 4 nitrogen and oxygen atoms in total. The van der Waals surface area contributed by atoms with Crippen molar-refractivity contribution in [2.75, 3.05) is 0 Å². The Morgan fingerprint density at radius 3 is 2.30 bits per heavy atom. The van der Waals surface area contributed by atoms with Gasteiger partial charge in [0.2, 0.25) is 0 Å². The summed E-state index contributed by atoms with van der Waals surface area (Å²) in [7, 11) is 0. The van der Waals surface area contributed by atoms with Gasteiger partial charge in [0.25, 0.3) is 5.88 Å². The second kappa shape index (κ2) is 5.70. The maximum absolute atomic E-state index is 9.22. The lowest BCUT2D eigenvalue weighted by atomic mass is 10.0. The van der Waals surface area contributed by atoms with Gasteiger partial charge >= 0.3 is 0 Å². The van der Waals surface area contributed by atoms with Gasteiger partial charge in [-0.05, 0) is 43.0 Å². The van der Waals surface area contributed by atoms with Crippen molar-refractivity contribution in [3.8, 4) is 17.7 Å². The van der Waals surface area contributed by atoms with E-state index in [0.29, 0.717) is 17.2 Å². The molecule has 2 aromatic rings. The largest absolute Gasteiger partial charge is 0.437 e. The summed E-state index contributed by atoms with van der Waals surface area (Å²) in [6, 6.07) is 9.92. The van der Waals surface area contributed by atoms with Crippen molar-refractivity contribution in [1.82, 2.24) is 10.2 Å². The van der Waals surface area contributed by atoms with Gasteiger partial charge in [0.05, 0.1) is 5.69 Å². The fourth-order valence-corrected chi connectivity index (χ4v) is 1.82. The molecule has 0 bridgehead atoms. The van der Waals surface area contributed by atoms with Gasteiger partial charge in [-0.15, -0.1) is 5.10 Å². The van der Waals surface area contributed by atoms with E-state index in [2.05, 4.69) is 30.1 Å². The summed E-state index contributed by atoms with van der Waals surface area (Å²) in [5.41, 5.74) is 3.22. The first kappa shape index (κ1) is 14.0. The lowest BCUT2D eigenvalue weighted by molar-refractivity contribution is 0.451. The van der Waals surface area contributed by atoms with Gasteiger partial charge in [0, 0.05) is 0 Å². The lowest BCUT2D eigenvalue weighted by Crippen LogP contribution is -2.00. The van der Waals surface area contributed by atoms with E-state index in [4.69, 9.17) is 4.74 Å². The van der Waals surface area contributed by atoms with Crippen LogP contribution in [0.25, 0.3) is 0 Å². The number of hydrogen-bond donors (Lipinski definition) is 0. The highest BCUT2D eigenvalue weighted by Gasteiger charge is 2.12. The molecule has 0 aliphatic carbocycles. The van der Waals surface area contributed by atoms with Crippen LogP contribution in [0.2, 0.25) is 0 Å². The molecule has 1 heterocycles. The van der Waals surface area contributed by atoms with Gasteiger partial charge in [0.1, 0.15) is 17.4 Å². The average molecular weight is 267 g/mol. The summed E-state index contributed by atoms with van der Waals surface area (Å²) in [6.45, 7) is 7.94. The number of nitrogens with zero attached hydrogens (tertiary/aromatic N) is 3. The zero-order valence-electron chi connectivity index (χ0n) is 12.1. The predicted octanol–water partition coefficient (Wildman–Crippen LogP) is 3.88. The molecule has 2 rings (SSSR count). The van der Waals surface area contributed by atoms with E-state index >= 15 is 0 Å². The summed E-state index contributed by atoms with van der Waals surface area (Å²) in [6.07, 6.45) is 0. The number of benzene rings is 1. The first-order valence-corrected chi connectivity index (χ1v) is 6.54. The maximum Gasteiger partial charge on any atom is 0.257 e. The van der Waals surface area contributed by atoms with Crippen molar-refractivity contribution < 1.29 is 4.74 Å². The zero-order chi connectivity index (χ0) is 14.7. The number of nitriles is 1. The Balaban J connectivity index is 2.31. The number of rotatable bonds is 3. The van der Waals surface area contributed by atoms with Crippen molar-refractivity contribution in [2.45, 2.75) is 33.6 Å². The van der Waals surface area contributed by atoms with Crippen molar-refractivity contribution in [3.63, 3.8) is 0 Å². The predicted molar refractivity (Wildman–Crippen MR) is 76.8 cm³/mol. The molecular formula is C16H17N3O. The summed E-state index contributed by atoms with van der Waals surface area (Å²) >= 11 is 0. The second-order valence-corrected chi connectivity index (χ2v) is 5.03.